The highest BCUT2D eigenvalue weighted by Gasteiger charge is 2.38. The zero-order chi connectivity index (χ0) is 30.9. The van der Waals surface area contributed by atoms with Gasteiger partial charge in [-0.2, -0.15) is 13.2 Å². The van der Waals surface area contributed by atoms with Gasteiger partial charge in [0, 0.05) is 37.3 Å². The van der Waals surface area contributed by atoms with Crippen molar-refractivity contribution in [1.29, 1.82) is 0 Å². The SMILES string of the molecule is CCS(=O)(=O)c1c(OC)cc(Cl)cc1N(C)C(=O)c1cc(C(F)(F)F)c(CN2CCC[C@@H](NC(=O)O)C2)c(Cl)c1N. The molecule has 0 unspecified atom stereocenters. The normalized spacial score (nSPS) is 16.3. The Labute approximate surface area is 245 Å². The number of rotatable bonds is 8. The van der Waals surface area contributed by atoms with Gasteiger partial charge in [0.2, 0.25) is 0 Å². The second-order valence-electron chi connectivity index (χ2n) is 9.42. The molecule has 10 nitrogen and oxygen atoms in total. The number of carbonyl (C=O) groups excluding carboxylic acids is 1. The molecule has 1 heterocycles. The number of anilines is 2. The number of nitrogen functional groups attached to an aromatic ring is 1. The van der Waals surface area contributed by atoms with Gasteiger partial charge in [0.15, 0.2) is 9.84 Å². The number of nitrogens with two attached hydrogens (primary N) is 1. The first-order valence-corrected chi connectivity index (χ1v) is 14.7. The molecular formula is C25H29Cl2F3N4O6S. The lowest BCUT2D eigenvalue weighted by Gasteiger charge is -2.33. The highest BCUT2D eigenvalue weighted by Crippen LogP contribution is 2.42. The van der Waals surface area contributed by atoms with Gasteiger partial charge >= 0.3 is 12.3 Å². The highest BCUT2D eigenvalue weighted by atomic mass is 35.5. The molecule has 2 amide bonds. The second-order valence-corrected chi connectivity index (χ2v) is 12.5. The minimum atomic E-state index is -4.94. The van der Waals surface area contributed by atoms with Crippen LogP contribution < -0.4 is 20.7 Å². The number of hydrogen-bond donors (Lipinski definition) is 3. The summed E-state index contributed by atoms with van der Waals surface area (Å²) >= 11 is 12.5. The Morgan fingerprint density at radius 1 is 1.27 bits per heavy atom. The van der Waals surface area contributed by atoms with Crippen molar-refractivity contribution >= 4 is 56.4 Å². The molecule has 0 saturated carbocycles. The Morgan fingerprint density at radius 2 is 1.93 bits per heavy atom. The van der Waals surface area contributed by atoms with E-state index in [2.05, 4.69) is 5.32 Å². The third-order valence-corrected chi connectivity index (χ3v) is 9.18. The zero-order valence-corrected chi connectivity index (χ0v) is 24.6. The van der Waals surface area contributed by atoms with Crippen LogP contribution in [0.15, 0.2) is 23.1 Å². The Bertz CT molecular complexity index is 1460. The Kier molecular flexibility index (Phi) is 9.94. The van der Waals surface area contributed by atoms with Crippen molar-refractivity contribution in [2.45, 2.75) is 43.4 Å². The van der Waals surface area contributed by atoms with Gasteiger partial charge in [-0.25, -0.2) is 13.2 Å². The molecule has 226 valence electrons. The minimum Gasteiger partial charge on any atom is -0.495 e. The average molecular weight is 641 g/mol. The van der Waals surface area contributed by atoms with E-state index in [1.807, 2.05) is 0 Å². The van der Waals surface area contributed by atoms with Gasteiger partial charge in [0.1, 0.15) is 10.6 Å². The van der Waals surface area contributed by atoms with E-state index in [0.717, 1.165) is 4.90 Å². The van der Waals surface area contributed by atoms with E-state index in [1.165, 1.54) is 33.2 Å². The predicted molar refractivity (Wildman–Crippen MR) is 149 cm³/mol. The fourth-order valence-electron chi connectivity index (χ4n) is 4.71. The molecule has 0 aliphatic carbocycles. The van der Waals surface area contributed by atoms with Crippen LogP contribution in [0.1, 0.15) is 41.3 Å². The molecular weight excluding hydrogens is 612 g/mol. The van der Waals surface area contributed by atoms with Gasteiger partial charge < -0.3 is 25.8 Å². The second kappa shape index (κ2) is 12.5. The Hall–Kier alpha value is -2.94. The summed E-state index contributed by atoms with van der Waals surface area (Å²) in [6.07, 6.45) is -5.12. The number of halogens is 5. The van der Waals surface area contributed by atoms with Crippen LogP contribution in [-0.4, -0.2) is 69.5 Å². The first kappa shape index (κ1) is 32.6. The fraction of sp³-hybridized carbons (Fsp3) is 0.440. The minimum absolute atomic E-state index is 0.0149. The van der Waals surface area contributed by atoms with Crippen LogP contribution in [-0.2, 0) is 22.6 Å². The lowest BCUT2D eigenvalue weighted by Crippen LogP contribution is -2.47. The van der Waals surface area contributed by atoms with Crippen LogP contribution in [0.4, 0.5) is 29.3 Å². The topological polar surface area (TPSA) is 142 Å². The van der Waals surface area contributed by atoms with Crippen molar-refractivity contribution < 1.29 is 41.0 Å². The number of benzene rings is 2. The lowest BCUT2D eigenvalue weighted by atomic mass is 9.98. The van der Waals surface area contributed by atoms with Gasteiger partial charge in [-0.1, -0.05) is 30.1 Å². The lowest BCUT2D eigenvalue weighted by molar-refractivity contribution is -0.138. The molecule has 16 heteroatoms. The number of alkyl halides is 3. The summed E-state index contributed by atoms with van der Waals surface area (Å²) < 4.78 is 73.9. The van der Waals surface area contributed by atoms with Gasteiger partial charge in [0.05, 0.1) is 40.4 Å². The number of carboxylic acid groups (broad SMARTS) is 1. The number of likely N-dealkylation sites (tertiary alicyclic amines) is 1. The van der Waals surface area contributed by atoms with E-state index >= 15 is 0 Å². The summed E-state index contributed by atoms with van der Waals surface area (Å²) in [7, 11) is -1.62. The van der Waals surface area contributed by atoms with Crippen molar-refractivity contribution in [3.8, 4) is 5.75 Å². The molecule has 1 fully saturated rings. The third kappa shape index (κ3) is 7.11. The summed E-state index contributed by atoms with van der Waals surface area (Å²) in [5.41, 5.74) is 3.29. The molecule has 3 rings (SSSR count). The van der Waals surface area contributed by atoms with E-state index in [1.54, 1.807) is 4.90 Å². The predicted octanol–water partition coefficient (Wildman–Crippen LogP) is 4.91. The van der Waals surface area contributed by atoms with E-state index < -0.39 is 55.9 Å². The number of nitrogens with one attached hydrogen (secondary N) is 1. The van der Waals surface area contributed by atoms with E-state index in [9.17, 15) is 31.2 Å². The summed E-state index contributed by atoms with van der Waals surface area (Å²) in [5.74, 6) is -1.58. The molecule has 0 spiro atoms. The summed E-state index contributed by atoms with van der Waals surface area (Å²) in [4.78, 5) is 26.7. The molecule has 2 aromatic rings. The molecule has 4 N–H and O–H groups in total. The van der Waals surface area contributed by atoms with Crippen LogP contribution >= 0.6 is 23.2 Å². The standard InChI is InChI=1S/C25H29Cl2F3N4O6S/c1-4-41(38,39)22-18(8-13(26)9-19(22)40-3)33(2)23(35)15-10-17(25(28,29)30)16(20(27)21(15)31)12-34-7-5-6-14(11-34)32-24(36)37/h8-10,14,32H,4-7,11-12,31H2,1-3H3,(H,36,37)/t14-/m1/s1. The van der Waals surface area contributed by atoms with Crippen molar-refractivity contribution in [3.05, 3.63) is 44.9 Å². The fourth-order valence-corrected chi connectivity index (χ4v) is 6.43. The summed E-state index contributed by atoms with van der Waals surface area (Å²) in [5, 5.41) is 10.9. The molecule has 1 atom stereocenters. The number of sulfone groups is 1. The maximum Gasteiger partial charge on any atom is 0.416 e. The largest absolute Gasteiger partial charge is 0.495 e. The maximum absolute atomic E-state index is 14.3. The summed E-state index contributed by atoms with van der Waals surface area (Å²) in [6.45, 7) is 1.61. The highest BCUT2D eigenvalue weighted by molar-refractivity contribution is 7.91. The van der Waals surface area contributed by atoms with Crippen LogP contribution in [0.2, 0.25) is 10.0 Å². The van der Waals surface area contributed by atoms with Crippen LogP contribution in [0, 0.1) is 0 Å². The molecule has 41 heavy (non-hydrogen) atoms. The Morgan fingerprint density at radius 3 is 2.49 bits per heavy atom. The molecule has 0 aromatic heterocycles. The van der Waals surface area contributed by atoms with Crippen molar-refractivity contribution in [1.82, 2.24) is 10.2 Å². The summed E-state index contributed by atoms with van der Waals surface area (Å²) in [6, 6.07) is 2.52. The van der Waals surface area contributed by atoms with Crippen LogP contribution in [0.5, 0.6) is 5.75 Å². The van der Waals surface area contributed by atoms with Gasteiger partial charge in [-0.3, -0.25) is 9.69 Å². The van der Waals surface area contributed by atoms with E-state index in [-0.39, 0.29) is 45.8 Å². The van der Waals surface area contributed by atoms with Crippen molar-refractivity contribution in [2.24, 2.45) is 0 Å². The molecule has 0 bridgehead atoms. The van der Waals surface area contributed by atoms with Crippen LogP contribution in [0.25, 0.3) is 0 Å². The average Bonchev–Trinajstić information content (AvgIpc) is 2.89. The molecule has 0 radical (unpaired) electrons. The Balaban J connectivity index is 2.10. The molecule has 1 saturated heterocycles. The number of methoxy groups -OCH3 is 1. The van der Waals surface area contributed by atoms with E-state index in [4.69, 9.17) is 38.8 Å². The first-order valence-electron chi connectivity index (χ1n) is 12.3. The number of ether oxygens (including phenoxy) is 1. The van der Waals surface area contributed by atoms with E-state index in [0.29, 0.717) is 25.5 Å². The number of amides is 2. The van der Waals surface area contributed by atoms with Crippen LogP contribution in [0.3, 0.4) is 0 Å². The first-order chi connectivity index (χ1) is 19.0. The third-order valence-electron chi connectivity index (χ3n) is 6.73. The monoisotopic (exact) mass is 640 g/mol. The van der Waals surface area contributed by atoms with Crippen molar-refractivity contribution in [3.63, 3.8) is 0 Å². The smallest absolute Gasteiger partial charge is 0.416 e. The number of nitrogens with zero attached hydrogens (tertiary/aromatic N) is 2. The van der Waals surface area contributed by atoms with Crippen molar-refractivity contribution in [2.75, 3.05) is 43.6 Å². The zero-order valence-electron chi connectivity index (χ0n) is 22.3. The molecule has 2 aromatic carbocycles. The maximum atomic E-state index is 14.3. The quantitative estimate of drug-likeness (QED) is 0.346. The van der Waals surface area contributed by atoms with Gasteiger partial charge in [-0.05, 0) is 37.1 Å². The molecule has 1 aliphatic heterocycles. The van der Waals surface area contributed by atoms with Gasteiger partial charge in [0.25, 0.3) is 5.91 Å². The van der Waals surface area contributed by atoms with Gasteiger partial charge in [-0.15, -0.1) is 0 Å². The number of piperidine rings is 1. The number of hydrogen-bond acceptors (Lipinski definition) is 7. The molecule has 1 aliphatic rings. The number of carbonyl (C=O) groups is 2.